The van der Waals surface area contributed by atoms with Crippen LogP contribution in [0.5, 0.6) is 11.5 Å². The summed E-state index contributed by atoms with van der Waals surface area (Å²) in [5, 5.41) is 11.7. The Balaban J connectivity index is 1.93. The topological polar surface area (TPSA) is 98.5 Å². The second kappa shape index (κ2) is 7.83. The third kappa shape index (κ3) is 4.76. The van der Waals surface area contributed by atoms with Crippen LogP contribution in [-0.4, -0.2) is 13.3 Å². The molecule has 3 rings (SSSR count). The standard InChI is InChI=1S/C18H12ClFN2O5S/c19-12-1-5-16(6-2-12)27-17-10-14(9-15(11-17)22(23)24)21-28(25,26)18-7-3-13(20)4-8-18/h1-11,21H. The molecule has 0 saturated carbocycles. The largest absolute Gasteiger partial charge is 0.457 e. The first-order valence-electron chi connectivity index (χ1n) is 7.74. The predicted octanol–water partition coefficient (Wildman–Crippen LogP) is 4.98. The van der Waals surface area contributed by atoms with E-state index in [4.69, 9.17) is 16.3 Å². The first-order valence-corrected chi connectivity index (χ1v) is 9.60. The number of nitrogens with zero attached hydrogens (tertiary/aromatic N) is 1. The van der Waals surface area contributed by atoms with Crippen molar-refractivity contribution >= 4 is 33.0 Å². The molecule has 0 aromatic heterocycles. The van der Waals surface area contributed by atoms with E-state index >= 15 is 0 Å². The lowest BCUT2D eigenvalue weighted by molar-refractivity contribution is -0.384. The minimum Gasteiger partial charge on any atom is -0.457 e. The van der Waals surface area contributed by atoms with Crippen molar-refractivity contribution in [1.29, 1.82) is 0 Å². The van der Waals surface area contributed by atoms with Gasteiger partial charge in [-0.3, -0.25) is 14.8 Å². The molecule has 3 aromatic rings. The third-order valence-electron chi connectivity index (χ3n) is 3.53. The number of ether oxygens (including phenoxy) is 1. The summed E-state index contributed by atoms with van der Waals surface area (Å²) in [4.78, 5) is 10.3. The molecule has 1 N–H and O–H groups in total. The zero-order valence-electron chi connectivity index (χ0n) is 14.0. The zero-order chi connectivity index (χ0) is 20.3. The van der Waals surface area contributed by atoms with E-state index in [0.29, 0.717) is 10.8 Å². The summed E-state index contributed by atoms with van der Waals surface area (Å²) in [6.07, 6.45) is 0. The van der Waals surface area contributed by atoms with E-state index in [1.54, 1.807) is 24.3 Å². The Morgan fingerprint density at radius 2 is 1.61 bits per heavy atom. The van der Waals surface area contributed by atoms with Gasteiger partial charge in [-0.2, -0.15) is 0 Å². The zero-order valence-corrected chi connectivity index (χ0v) is 15.6. The highest BCUT2D eigenvalue weighted by atomic mass is 35.5. The average molecular weight is 423 g/mol. The lowest BCUT2D eigenvalue weighted by Gasteiger charge is -2.11. The maximum absolute atomic E-state index is 13.0. The molecule has 0 bridgehead atoms. The van der Waals surface area contributed by atoms with E-state index < -0.39 is 20.8 Å². The summed E-state index contributed by atoms with van der Waals surface area (Å²) in [6, 6.07) is 13.9. The Morgan fingerprint density at radius 3 is 2.21 bits per heavy atom. The Kier molecular flexibility index (Phi) is 5.48. The van der Waals surface area contributed by atoms with Crippen LogP contribution < -0.4 is 9.46 Å². The lowest BCUT2D eigenvalue weighted by atomic mass is 10.2. The highest BCUT2D eigenvalue weighted by Crippen LogP contribution is 2.31. The van der Waals surface area contributed by atoms with E-state index in [0.717, 1.165) is 36.4 Å². The van der Waals surface area contributed by atoms with Gasteiger partial charge in [-0.15, -0.1) is 0 Å². The molecule has 0 fully saturated rings. The second-order valence-corrected chi connectivity index (χ2v) is 7.71. The van der Waals surface area contributed by atoms with Crippen LogP contribution in [-0.2, 0) is 10.0 Å². The molecule has 0 heterocycles. The molecule has 7 nitrogen and oxygen atoms in total. The number of hydrogen-bond donors (Lipinski definition) is 1. The highest BCUT2D eigenvalue weighted by molar-refractivity contribution is 7.92. The number of hydrogen-bond acceptors (Lipinski definition) is 5. The minimum atomic E-state index is -4.08. The summed E-state index contributed by atoms with van der Waals surface area (Å²) in [6.45, 7) is 0. The Labute approximate surface area is 164 Å². The predicted molar refractivity (Wildman–Crippen MR) is 102 cm³/mol. The summed E-state index contributed by atoms with van der Waals surface area (Å²) < 4.78 is 45.7. The smallest absolute Gasteiger partial charge is 0.275 e. The molecule has 0 atom stereocenters. The Bertz CT molecular complexity index is 1120. The van der Waals surface area contributed by atoms with Crippen molar-refractivity contribution in [3.63, 3.8) is 0 Å². The highest BCUT2D eigenvalue weighted by Gasteiger charge is 2.18. The number of rotatable bonds is 6. The van der Waals surface area contributed by atoms with Gasteiger partial charge >= 0.3 is 0 Å². The van der Waals surface area contributed by atoms with Crippen molar-refractivity contribution in [2.24, 2.45) is 0 Å². The number of nitro groups is 1. The van der Waals surface area contributed by atoms with E-state index in [2.05, 4.69) is 4.72 Å². The third-order valence-corrected chi connectivity index (χ3v) is 5.18. The number of anilines is 1. The monoisotopic (exact) mass is 422 g/mol. The minimum absolute atomic E-state index is 0.0494. The van der Waals surface area contributed by atoms with Crippen LogP contribution in [0.3, 0.4) is 0 Å². The van der Waals surface area contributed by atoms with Gasteiger partial charge in [0.2, 0.25) is 0 Å². The van der Waals surface area contributed by atoms with Gasteiger partial charge in [-0.25, -0.2) is 12.8 Å². The quantitative estimate of drug-likeness (QED) is 0.446. The molecule has 3 aromatic carbocycles. The van der Waals surface area contributed by atoms with Crippen LogP contribution in [0.2, 0.25) is 5.02 Å². The fourth-order valence-electron chi connectivity index (χ4n) is 2.27. The van der Waals surface area contributed by atoms with Crippen molar-refractivity contribution in [1.82, 2.24) is 0 Å². The van der Waals surface area contributed by atoms with E-state index in [1.165, 1.54) is 6.07 Å². The Hall–Kier alpha value is -3.17. The van der Waals surface area contributed by atoms with Crippen LogP contribution in [0.1, 0.15) is 0 Å². The van der Waals surface area contributed by atoms with Crippen LogP contribution in [0, 0.1) is 15.9 Å². The van der Waals surface area contributed by atoms with Gasteiger partial charge in [0.25, 0.3) is 15.7 Å². The average Bonchev–Trinajstić information content (AvgIpc) is 2.63. The van der Waals surface area contributed by atoms with E-state index in [9.17, 15) is 22.9 Å². The molecule has 0 unspecified atom stereocenters. The molecule has 0 aliphatic carbocycles. The molecule has 28 heavy (non-hydrogen) atoms. The molecule has 10 heteroatoms. The van der Waals surface area contributed by atoms with Crippen molar-refractivity contribution in [2.45, 2.75) is 4.90 Å². The molecule has 0 amide bonds. The van der Waals surface area contributed by atoms with Crippen molar-refractivity contribution in [3.05, 3.63) is 87.7 Å². The summed E-state index contributed by atoms with van der Waals surface area (Å²) >= 11 is 5.80. The van der Waals surface area contributed by atoms with Crippen LogP contribution in [0.25, 0.3) is 0 Å². The Morgan fingerprint density at radius 1 is 0.964 bits per heavy atom. The number of nitrogens with one attached hydrogen (secondary N) is 1. The van der Waals surface area contributed by atoms with Crippen LogP contribution in [0.15, 0.2) is 71.6 Å². The molecule has 0 aliphatic heterocycles. The second-order valence-electron chi connectivity index (χ2n) is 5.59. The van der Waals surface area contributed by atoms with Gasteiger partial charge in [0, 0.05) is 17.2 Å². The molecule has 144 valence electrons. The first kappa shape index (κ1) is 19.6. The normalized spacial score (nSPS) is 11.1. The molecule has 0 saturated heterocycles. The molecule has 0 spiro atoms. The molecule has 0 radical (unpaired) electrons. The molecule has 0 aliphatic rings. The van der Waals surface area contributed by atoms with Gasteiger partial charge in [0.1, 0.15) is 17.3 Å². The number of benzene rings is 3. The van der Waals surface area contributed by atoms with Gasteiger partial charge in [0.15, 0.2) is 0 Å². The summed E-state index contributed by atoms with van der Waals surface area (Å²) in [7, 11) is -4.08. The molecular formula is C18H12ClFN2O5S. The van der Waals surface area contributed by atoms with Crippen LogP contribution >= 0.6 is 11.6 Å². The van der Waals surface area contributed by atoms with Crippen molar-refractivity contribution < 1.29 is 22.5 Å². The molecular weight excluding hydrogens is 411 g/mol. The van der Waals surface area contributed by atoms with E-state index in [1.807, 2.05) is 0 Å². The van der Waals surface area contributed by atoms with Crippen molar-refractivity contribution in [2.75, 3.05) is 4.72 Å². The summed E-state index contributed by atoms with van der Waals surface area (Å²) in [5.74, 6) is -0.182. The first-order chi connectivity index (χ1) is 13.2. The number of sulfonamides is 1. The summed E-state index contributed by atoms with van der Waals surface area (Å²) in [5.41, 5.74) is -0.453. The number of nitro benzene ring substituents is 1. The van der Waals surface area contributed by atoms with Gasteiger partial charge < -0.3 is 4.74 Å². The van der Waals surface area contributed by atoms with Crippen LogP contribution in [0.4, 0.5) is 15.8 Å². The van der Waals surface area contributed by atoms with E-state index in [-0.39, 0.29) is 22.0 Å². The lowest BCUT2D eigenvalue weighted by Crippen LogP contribution is -2.13. The SMILES string of the molecule is O=[N+]([O-])c1cc(NS(=O)(=O)c2ccc(F)cc2)cc(Oc2ccc(Cl)cc2)c1. The van der Waals surface area contributed by atoms with Gasteiger partial charge in [0.05, 0.1) is 21.6 Å². The van der Waals surface area contributed by atoms with Gasteiger partial charge in [-0.1, -0.05) is 11.6 Å². The fraction of sp³-hybridized carbons (Fsp3) is 0. The number of halogens is 2. The fourth-order valence-corrected chi connectivity index (χ4v) is 3.44. The van der Waals surface area contributed by atoms with Crippen molar-refractivity contribution in [3.8, 4) is 11.5 Å². The number of non-ortho nitro benzene ring substituents is 1. The maximum Gasteiger partial charge on any atom is 0.275 e. The van der Waals surface area contributed by atoms with Gasteiger partial charge in [-0.05, 0) is 48.5 Å². The maximum atomic E-state index is 13.0.